The van der Waals surface area contributed by atoms with E-state index in [4.69, 9.17) is 37.5 Å². The molecule has 49 heavy (non-hydrogen) atoms. The van der Waals surface area contributed by atoms with Gasteiger partial charge in [-0.2, -0.15) is 5.26 Å². The standard InChI is InChI=1S/C36H32ClFN6O5/c1-34(33(41)46)19-49-31-25(34)15-27(44-30(31)24-10-6-7-20(16-39)28(24)37)36(47,23-8-4-3-5-9-23)18-42-32(45)21-13-22(17-43-35(38)11-12-35)29(40)26(14-21)48-2/h3-10,13-15,17,47H,11-12,18-19,40H2,1-2H3,(H2,41,46)(H,42,45)/b43-17+/t34-,36+/m0/s1. The van der Waals surface area contributed by atoms with Crippen LogP contribution in [0.2, 0.25) is 5.02 Å². The lowest BCUT2D eigenvalue weighted by Gasteiger charge is -2.30. The van der Waals surface area contributed by atoms with Crippen LogP contribution in [-0.2, 0) is 15.8 Å². The number of rotatable bonds is 10. The minimum atomic E-state index is -1.99. The lowest BCUT2D eigenvalue weighted by atomic mass is 9.80. The molecule has 1 saturated carbocycles. The number of hydrogen-bond donors (Lipinski definition) is 4. The summed E-state index contributed by atoms with van der Waals surface area (Å²) in [4.78, 5) is 35.3. The molecule has 2 atom stereocenters. The predicted octanol–water partition coefficient (Wildman–Crippen LogP) is 4.54. The summed E-state index contributed by atoms with van der Waals surface area (Å²) in [5, 5.41) is 25.1. The molecule has 11 nitrogen and oxygen atoms in total. The van der Waals surface area contributed by atoms with Crippen LogP contribution in [0.1, 0.15) is 58.1 Å². The maximum absolute atomic E-state index is 14.3. The van der Waals surface area contributed by atoms with Crippen LogP contribution < -0.4 is 26.3 Å². The molecule has 6 rings (SSSR count). The van der Waals surface area contributed by atoms with E-state index in [0.717, 1.165) is 0 Å². The molecule has 6 N–H and O–H groups in total. The van der Waals surface area contributed by atoms with Crippen LogP contribution in [0.25, 0.3) is 11.3 Å². The zero-order valence-corrected chi connectivity index (χ0v) is 27.3. The highest BCUT2D eigenvalue weighted by molar-refractivity contribution is 6.34. The zero-order chi connectivity index (χ0) is 35.1. The molecule has 2 aliphatic rings. The van der Waals surface area contributed by atoms with Crippen LogP contribution in [0.4, 0.5) is 10.1 Å². The number of carbonyl (C=O) groups is 2. The number of nitrogens with zero attached hydrogens (tertiary/aromatic N) is 3. The van der Waals surface area contributed by atoms with Crippen molar-refractivity contribution in [2.24, 2.45) is 10.7 Å². The van der Waals surface area contributed by atoms with Crippen molar-refractivity contribution in [2.75, 3.05) is 26.0 Å². The lowest BCUT2D eigenvalue weighted by Crippen LogP contribution is -2.43. The number of ether oxygens (including phenoxy) is 2. The van der Waals surface area contributed by atoms with E-state index in [0.29, 0.717) is 35.1 Å². The summed E-state index contributed by atoms with van der Waals surface area (Å²) in [6, 6.07) is 19.8. The van der Waals surface area contributed by atoms with E-state index in [1.165, 1.54) is 31.5 Å². The first-order chi connectivity index (χ1) is 23.3. The van der Waals surface area contributed by atoms with Crippen molar-refractivity contribution in [3.8, 4) is 28.8 Å². The Morgan fingerprint density at radius 1 is 1.22 bits per heavy atom. The largest absolute Gasteiger partial charge is 0.495 e. The van der Waals surface area contributed by atoms with Crippen molar-refractivity contribution in [1.29, 1.82) is 5.26 Å². The summed E-state index contributed by atoms with van der Waals surface area (Å²) in [6.07, 6.45) is 1.89. The van der Waals surface area contributed by atoms with E-state index in [2.05, 4.69) is 10.3 Å². The fourth-order valence-electron chi connectivity index (χ4n) is 5.62. The van der Waals surface area contributed by atoms with Crippen LogP contribution in [0.15, 0.2) is 71.7 Å². The van der Waals surface area contributed by atoms with Gasteiger partial charge in [0.2, 0.25) is 5.91 Å². The number of primary amides is 1. The van der Waals surface area contributed by atoms with Crippen molar-refractivity contribution in [3.63, 3.8) is 0 Å². The fourth-order valence-corrected chi connectivity index (χ4v) is 5.88. The molecule has 1 aromatic heterocycles. The van der Waals surface area contributed by atoms with Crippen LogP contribution in [0.5, 0.6) is 11.5 Å². The first-order valence-electron chi connectivity index (χ1n) is 15.3. The van der Waals surface area contributed by atoms with Gasteiger partial charge in [-0.05, 0) is 36.8 Å². The molecule has 13 heteroatoms. The molecule has 1 aliphatic carbocycles. The quantitative estimate of drug-likeness (QED) is 0.107. The number of amides is 2. The number of hydrogen-bond acceptors (Lipinski definition) is 9. The van der Waals surface area contributed by atoms with Gasteiger partial charge in [-0.15, -0.1) is 0 Å². The minimum Gasteiger partial charge on any atom is -0.495 e. The number of anilines is 1. The Balaban J connectivity index is 1.46. The number of aliphatic hydroxyl groups is 1. The molecule has 2 heterocycles. The molecule has 3 aromatic carbocycles. The third-order valence-corrected chi connectivity index (χ3v) is 9.33. The summed E-state index contributed by atoms with van der Waals surface area (Å²) in [5.41, 5.74) is 10.8. The summed E-state index contributed by atoms with van der Waals surface area (Å²) in [5.74, 6) is -2.50. The van der Waals surface area contributed by atoms with E-state index in [9.17, 15) is 24.3 Å². The van der Waals surface area contributed by atoms with Gasteiger partial charge in [-0.1, -0.05) is 54.1 Å². The van der Waals surface area contributed by atoms with Gasteiger partial charge in [-0.3, -0.25) is 14.6 Å². The van der Waals surface area contributed by atoms with Crippen LogP contribution in [0.3, 0.4) is 0 Å². The number of nitriles is 1. The van der Waals surface area contributed by atoms with E-state index >= 15 is 0 Å². The predicted molar refractivity (Wildman–Crippen MR) is 181 cm³/mol. The average Bonchev–Trinajstić information content (AvgIpc) is 3.75. The van der Waals surface area contributed by atoms with Crippen molar-refractivity contribution >= 4 is 35.3 Å². The van der Waals surface area contributed by atoms with E-state index < -0.39 is 35.2 Å². The smallest absolute Gasteiger partial charge is 0.251 e. The molecule has 0 saturated heterocycles. The third-order valence-electron chi connectivity index (χ3n) is 8.92. The Labute approximate surface area is 286 Å². The molecule has 2 amide bonds. The van der Waals surface area contributed by atoms with Gasteiger partial charge in [0.25, 0.3) is 5.91 Å². The number of carbonyl (C=O) groups excluding carboxylic acids is 2. The molecule has 0 bridgehead atoms. The maximum Gasteiger partial charge on any atom is 0.251 e. The minimum absolute atomic E-state index is 0.0459. The Kier molecular flexibility index (Phi) is 8.52. The molecule has 0 unspecified atom stereocenters. The monoisotopic (exact) mass is 682 g/mol. The van der Waals surface area contributed by atoms with Crippen LogP contribution in [0, 0.1) is 11.3 Å². The molecule has 0 spiro atoms. The highest BCUT2D eigenvalue weighted by Crippen LogP contribution is 2.48. The Morgan fingerprint density at radius 3 is 2.61 bits per heavy atom. The Bertz CT molecular complexity index is 2070. The number of nitrogens with two attached hydrogens (primary N) is 2. The second-order valence-corrected chi connectivity index (χ2v) is 12.6. The van der Waals surface area contributed by atoms with Crippen molar-refractivity contribution < 1.29 is 28.6 Å². The third kappa shape index (κ3) is 6.03. The van der Waals surface area contributed by atoms with Crippen molar-refractivity contribution in [2.45, 2.75) is 36.6 Å². The molecule has 250 valence electrons. The molecular weight excluding hydrogens is 651 g/mol. The van der Waals surface area contributed by atoms with E-state index in [-0.39, 0.29) is 51.3 Å². The van der Waals surface area contributed by atoms with Gasteiger partial charge < -0.3 is 31.4 Å². The van der Waals surface area contributed by atoms with E-state index in [1.54, 1.807) is 55.5 Å². The Morgan fingerprint density at radius 2 is 1.96 bits per heavy atom. The normalized spacial score (nSPS) is 18.5. The van der Waals surface area contributed by atoms with Gasteiger partial charge in [0.15, 0.2) is 5.79 Å². The number of nitrogens with one attached hydrogen (secondary N) is 1. The Hall–Kier alpha value is -5.51. The van der Waals surface area contributed by atoms with Crippen LogP contribution >= 0.6 is 11.6 Å². The highest BCUT2D eigenvalue weighted by Gasteiger charge is 2.46. The van der Waals surface area contributed by atoms with Gasteiger partial charge >= 0.3 is 0 Å². The summed E-state index contributed by atoms with van der Waals surface area (Å²) in [7, 11) is 1.39. The first-order valence-corrected chi connectivity index (χ1v) is 15.7. The highest BCUT2D eigenvalue weighted by atomic mass is 35.5. The molecule has 0 radical (unpaired) electrons. The number of halogens is 2. The number of alkyl halides is 1. The number of fused-ring (bicyclic) bond motifs is 1. The van der Waals surface area contributed by atoms with Crippen molar-refractivity contribution in [1.82, 2.24) is 10.3 Å². The zero-order valence-electron chi connectivity index (χ0n) is 26.6. The van der Waals surface area contributed by atoms with Crippen LogP contribution in [-0.4, -0.2) is 54.2 Å². The van der Waals surface area contributed by atoms with Gasteiger partial charge in [0.1, 0.15) is 40.9 Å². The fraction of sp³-hybridized carbons (Fsp3) is 0.250. The van der Waals surface area contributed by atoms with Crippen molar-refractivity contribution in [3.05, 3.63) is 105 Å². The molecular formula is C36H32ClFN6O5. The molecule has 4 aromatic rings. The van der Waals surface area contributed by atoms with Gasteiger partial charge in [0, 0.05) is 41.3 Å². The lowest BCUT2D eigenvalue weighted by molar-refractivity contribution is -0.123. The summed E-state index contributed by atoms with van der Waals surface area (Å²) >= 11 is 6.65. The van der Waals surface area contributed by atoms with Gasteiger partial charge in [-0.25, -0.2) is 9.37 Å². The van der Waals surface area contributed by atoms with E-state index in [1.807, 2.05) is 6.07 Å². The summed E-state index contributed by atoms with van der Waals surface area (Å²) in [6.45, 7) is 1.12. The molecule has 1 aliphatic heterocycles. The number of aromatic nitrogens is 1. The average molecular weight is 683 g/mol. The second kappa shape index (κ2) is 12.5. The number of nitrogen functional groups attached to an aromatic ring is 1. The summed E-state index contributed by atoms with van der Waals surface area (Å²) < 4.78 is 25.6. The number of pyridine rings is 1. The first kappa shape index (κ1) is 33.4. The SMILES string of the molecule is COc1cc(C(=O)NC[C@@](O)(c2ccccc2)c2cc3c(c(-c4cccc(C#N)c4Cl)n2)OC[C@]3(C)C(N)=O)cc(/C=N/C2(F)CC2)c1N. The maximum atomic E-state index is 14.3. The topological polar surface area (TPSA) is 186 Å². The number of methoxy groups -OCH3 is 1. The number of benzene rings is 3. The number of aliphatic imine (C=N–C) groups is 1. The molecule has 1 fully saturated rings. The van der Waals surface area contributed by atoms with Gasteiger partial charge in [0.05, 0.1) is 35.6 Å². The second-order valence-electron chi connectivity index (χ2n) is 12.3.